The first-order valence-corrected chi connectivity index (χ1v) is 34.6. The summed E-state index contributed by atoms with van der Waals surface area (Å²) in [5.74, 6) is -1.97. The van der Waals surface area contributed by atoms with Crippen molar-refractivity contribution >= 4 is 99.3 Å². The molecule has 87 heavy (non-hydrogen) atoms. The van der Waals surface area contributed by atoms with Gasteiger partial charge in [0.1, 0.15) is 28.7 Å². The van der Waals surface area contributed by atoms with E-state index in [9.17, 15) is 34.2 Å². The number of aliphatic carboxylic acids is 2. The van der Waals surface area contributed by atoms with E-state index >= 15 is 0 Å². The number of nitrogens with two attached hydrogens (primary N) is 1. The molecule has 7 rings (SSSR count). The van der Waals surface area contributed by atoms with Crippen LogP contribution in [0.25, 0.3) is 0 Å². The number of carboxylic acid groups (broad SMARTS) is 2. The summed E-state index contributed by atoms with van der Waals surface area (Å²) in [7, 11) is 5.08. The van der Waals surface area contributed by atoms with E-state index in [0.717, 1.165) is 78.0 Å². The number of nitrogens with one attached hydrogen (secondary N) is 3. The number of carbonyl (C=O) groups is 5. The zero-order chi connectivity index (χ0) is 65.5. The van der Waals surface area contributed by atoms with Gasteiger partial charge < -0.3 is 76.0 Å². The minimum atomic E-state index is -0.935. The van der Waals surface area contributed by atoms with Crippen LogP contribution in [0.5, 0.6) is 0 Å². The number of aliphatic hydroxyl groups excluding tert-OH is 4. The van der Waals surface area contributed by atoms with E-state index in [0.29, 0.717) is 88.9 Å². The highest BCUT2D eigenvalue weighted by Crippen LogP contribution is 2.35. The van der Waals surface area contributed by atoms with Crippen molar-refractivity contribution in [3.05, 3.63) is 71.8 Å². The number of aliphatic imine (C=N–C) groups is 1. The maximum Gasteiger partial charge on any atom is 0.327 e. The lowest BCUT2D eigenvalue weighted by Gasteiger charge is -2.26. The fraction of sp³-hybridized carbons (Fsp3) is 0.710. The van der Waals surface area contributed by atoms with Crippen molar-refractivity contribution in [1.82, 2.24) is 16.0 Å². The molecule has 2 aromatic carbocycles. The monoisotopic (exact) mass is 1490 g/mol. The Kier molecular flexibility index (Phi) is 42.7. The highest BCUT2D eigenvalue weighted by atomic mass is 79.9. The molecule has 5 fully saturated rings. The number of hydrogen-bond donors (Lipinski definition) is 10. The number of aliphatic hydroxyl groups is 4. The van der Waals surface area contributed by atoms with Crippen molar-refractivity contribution in [3.8, 4) is 0 Å². The number of nitrogens with zero attached hydrogens (tertiary/aromatic N) is 1. The Morgan fingerprint density at radius 1 is 0.632 bits per heavy atom. The minimum absolute atomic E-state index is 0.0347. The Morgan fingerprint density at radius 2 is 1.10 bits per heavy atom. The second-order valence-corrected chi connectivity index (χ2v) is 24.8. The molecule has 0 amide bonds. The average Bonchev–Trinajstić information content (AvgIpc) is 3.07. The van der Waals surface area contributed by atoms with Gasteiger partial charge >= 0.3 is 29.8 Å². The van der Waals surface area contributed by atoms with Gasteiger partial charge in [-0.1, -0.05) is 131 Å². The molecule has 4 saturated carbocycles. The summed E-state index contributed by atoms with van der Waals surface area (Å²) in [6, 6.07) is 19.7. The van der Waals surface area contributed by atoms with E-state index in [4.69, 9.17) is 49.8 Å². The number of alkyl halides is 4. The van der Waals surface area contributed by atoms with Gasteiger partial charge in [-0.2, -0.15) is 0 Å². The van der Waals surface area contributed by atoms with E-state index in [1.165, 1.54) is 12.8 Å². The lowest BCUT2D eigenvalue weighted by atomic mass is 9.97. The maximum absolute atomic E-state index is 11.5. The van der Waals surface area contributed by atoms with Crippen LogP contribution in [0, 0.1) is 5.92 Å². The zero-order valence-electron chi connectivity index (χ0n) is 52.0. The fourth-order valence-corrected chi connectivity index (χ4v) is 12.0. The number of hydrogen-bond acceptors (Lipinski definition) is 19. The van der Waals surface area contributed by atoms with Crippen LogP contribution in [0.15, 0.2) is 65.7 Å². The van der Waals surface area contributed by atoms with Crippen molar-refractivity contribution < 1.29 is 78.3 Å². The van der Waals surface area contributed by atoms with Crippen molar-refractivity contribution in [2.24, 2.45) is 16.6 Å². The third-order valence-corrected chi connectivity index (χ3v) is 17.7. The average molecular weight is 1490 g/mol. The Labute approximate surface area is 549 Å². The number of ether oxygens (including phenoxy) is 5. The van der Waals surface area contributed by atoms with Gasteiger partial charge in [0.25, 0.3) is 0 Å². The normalized spacial score (nSPS) is 26.6. The smallest absolute Gasteiger partial charge is 0.327 e. The van der Waals surface area contributed by atoms with Crippen LogP contribution < -0.4 is 21.7 Å². The quantitative estimate of drug-likeness (QED) is 0.0231. The number of esters is 3. The van der Waals surface area contributed by atoms with Gasteiger partial charge in [-0.05, 0) is 138 Å². The Bertz CT molecular complexity index is 2180. The Hall–Kier alpha value is -3.02. The molecule has 11 unspecified atom stereocenters. The summed E-state index contributed by atoms with van der Waals surface area (Å²) >= 11 is 13.2. The highest BCUT2D eigenvalue weighted by Gasteiger charge is 2.46. The molecule has 1 heterocycles. The molecule has 25 heteroatoms. The van der Waals surface area contributed by atoms with E-state index < -0.39 is 46.3 Å². The molecule has 0 radical (unpaired) electrons. The maximum atomic E-state index is 11.5. The first-order valence-electron chi connectivity index (χ1n) is 30.1. The fourth-order valence-electron chi connectivity index (χ4n) is 10.1. The zero-order valence-corrected chi connectivity index (χ0v) is 58.3. The lowest BCUT2D eigenvalue weighted by Crippen LogP contribution is -2.49. The SMILES string of the molecule is BrCCC(CBr)OC1CCCCO1.CCOC(=O)C1(N)CCC(O)C1.CCOC(=O)C1(NC)CCC(O)C1.CCOC(=O)CN=C(c1ccccc1)c1ccccc1.CNC1(C(=O)O)CCC(C)C1.CNC1(C(=O)O)CCC(O)C1.OC(CBr)CCBr. The van der Waals surface area contributed by atoms with Crippen LogP contribution in [0.1, 0.15) is 148 Å². The summed E-state index contributed by atoms with van der Waals surface area (Å²) in [5, 5.41) is 66.2. The predicted molar refractivity (Wildman–Crippen MR) is 352 cm³/mol. The summed E-state index contributed by atoms with van der Waals surface area (Å²) in [5.41, 5.74) is 5.45. The van der Waals surface area contributed by atoms with E-state index in [1.54, 1.807) is 41.9 Å². The summed E-state index contributed by atoms with van der Waals surface area (Å²) in [4.78, 5) is 60.3. The molecule has 0 bridgehead atoms. The first-order chi connectivity index (χ1) is 41.4. The summed E-state index contributed by atoms with van der Waals surface area (Å²) in [6.45, 7) is 9.41. The van der Waals surface area contributed by atoms with Crippen molar-refractivity contribution in [3.63, 3.8) is 0 Å². The van der Waals surface area contributed by atoms with Gasteiger partial charge in [-0.3, -0.25) is 29.0 Å². The summed E-state index contributed by atoms with van der Waals surface area (Å²) < 4.78 is 26.0. The number of carboxylic acids is 2. The van der Waals surface area contributed by atoms with Crippen molar-refractivity contribution in [1.29, 1.82) is 0 Å². The summed E-state index contributed by atoms with van der Waals surface area (Å²) in [6.07, 6.45) is 11.3. The molecule has 11 N–H and O–H groups in total. The predicted octanol–water partition coefficient (Wildman–Crippen LogP) is 7.96. The molecule has 0 spiro atoms. The third kappa shape index (κ3) is 30.3. The number of likely N-dealkylation sites (N-methyl/N-ethyl adjacent to an activating group) is 3. The van der Waals surface area contributed by atoms with Gasteiger partial charge in [0.05, 0.1) is 56.1 Å². The van der Waals surface area contributed by atoms with Gasteiger partial charge in [0, 0.05) is 58.3 Å². The molecule has 2 aromatic rings. The Morgan fingerprint density at radius 3 is 1.45 bits per heavy atom. The van der Waals surface area contributed by atoms with Crippen LogP contribution in [-0.2, 0) is 47.7 Å². The standard InChI is InChI=1S/C17H17NO2.C9H16Br2O2.C9H17NO3.C8H15NO3.C8H15NO2.C7H13NO3.C4H8Br2O/c1-2-20-16(19)13-18-17(14-9-5-3-6-10-14)15-11-7-4-8-12-15;10-5-4-8(7-11)13-9-3-1-2-6-12-9;1-3-13-8(12)9(10-2)5-4-7(11)6-9;1-2-12-7(11)8(9)4-3-6(10)5-8;1-6-3-4-8(5-6,9-2)7(10)11;1-8-7(6(10)11)3-2-5(9)4-7;5-2-1-4(7)3-6/h3-12H,2,13H2,1H3;8-9H,1-7H2;7,10-11H,3-6H2,1-2H3;6,10H,2-5,9H2,1H3;6,9H,3-5H2,1-2H3,(H,10,11);5,8-9H,2-4H2,1H3,(H,10,11);4,7H,1-3H2. The third-order valence-electron chi connectivity index (χ3n) is 15.3. The number of benzene rings is 2. The number of carbonyl (C=O) groups excluding carboxylic acids is 3. The van der Waals surface area contributed by atoms with Gasteiger partial charge in [-0.25, -0.2) is 0 Å². The second kappa shape index (κ2) is 45.3. The molecule has 498 valence electrons. The van der Waals surface area contributed by atoms with Crippen molar-refractivity contribution in [2.75, 3.05) is 75.4 Å². The van der Waals surface area contributed by atoms with Gasteiger partial charge in [0.2, 0.25) is 0 Å². The van der Waals surface area contributed by atoms with Crippen LogP contribution in [0.2, 0.25) is 0 Å². The van der Waals surface area contributed by atoms with Crippen molar-refractivity contribution in [2.45, 2.75) is 196 Å². The Balaban J connectivity index is 0.000000517. The molecule has 21 nitrogen and oxygen atoms in total. The second-order valence-electron chi connectivity index (χ2n) is 21.9. The molecule has 5 aliphatic rings. The topological polar surface area (TPSA) is 327 Å². The van der Waals surface area contributed by atoms with Crippen LogP contribution in [0.3, 0.4) is 0 Å². The molecular formula is C62H101Br4N5O16. The molecule has 1 aliphatic heterocycles. The van der Waals surface area contributed by atoms with Crippen LogP contribution in [-0.4, -0.2) is 201 Å². The lowest BCUT2D eigenvalue weighted by molar-refractivity contribution is -0.183. The highest BCUT2D eigenvalue weighted by molar-refractivity contribution is 9.09. The van der Waals surface area contributed by atoms with E-state index in [1.807, 2.05) is 60.7 Å². The molecule has 11 atom stereocenters. The molecule has 4 aliphatic carbocycles. The van der Waals surface area contributed by atoms with E-state index in [2.05, 4.69) is 91.6 Å². The van der Waals surface area contributed by atoms with Crippen LogP contribution in [0.4, 0.5) is 0 Å². The van der Waals surface area contributed by atoms with Crippen LogP contribution >= 0.6 is 63.7 Å². The van der Waals surface area contributed by atoms with Gasteiger partial charge in [-0.15, -0.1) is 0 Å². The van der Waals surface area contributed by atoms with E-state index in [-0.39, 0.29) is 49.1 Å². The van der Waals surface area contributed by atoms with Gasteiger partial charge in [0.15, 0.2) is 6.29 Å². The number of rotatable bonds is 22. The number of halogens is 4. The molecular weight excluding hydrogens is 1390 g/mol. The molecule has 0 aromatic heterocycles. The first kappa shape index (κ1) is 82.0. The molecule has 1 saturated heterocycles. The largest absolute Gasteiger partial charge is 0.480 e. The minimum Gasteiger partial charge on any atom is -0.480 e.